The van der Waals surface area contributed by atoms with Crippen LogP contribution in [0.1, 0.15) is 17.5 Å². The molecule has 1 saturated heterocycles. The van der Waals surface area contributed by atoms with Crippen LogP contribution in [0.15, 0.2) is 18.3 Å². The van der Waals surface area contributed by atoms with Gasteiger partial charge in [0.25, 0.3) is 0 Å². The van der Waals surface area contributed by atoms with Crippen molar-refractivity contribution in [3.05, 3.63) is 29.6 Å². The zero-order chi connectivity index (χ0) is 10.7. The Kier molecular flexibility index (Phi) is 2.94. The molecule has 0 bridgehead atoms. The molecule has 0 saturated carbocycles. The molecule has 1 aromatic rings. The van der Waals surface area contributed by atoms with E-state index in [-0.39, 0.29) is 18.6 Å². The summed E-state index contributed by atoms with van der Waals surface area (Å²) in [5.74, 6) is -0.363. The van der Waals surface area contributed by atoms with Crippen molar-refractivity contribution in [2.75, 3.05) is 13.2 Å². The first kappa shape index (κ1) is 10.1. The molecule has 1 aliphatic heterocycles. The third kappa shape index (κ3) is 2.51. The van der Waals surface area contributed by atoms with Crippen molar-refractivity contribution in [3.63, 3.8) is 0 Å². The van der Waals surface area contributed by atoms with E-state index in [0.29, 0.717) is 13.2 Å². The van der Waals surface area contributed by atoms with E-state index in [1.807, 2.05) is 0 Å². The minimum Gasteiger partial charge on any atom is -0.369 e. The minimum atomic E-state index is -0.368. The number of hydrogen-bond acceptors (Lipinski definition) is 4. The van der Waals surface area contributed by atoms with Gasteiger partial charge in [-0.2, -0.15) is 0 Å². The Morgan fingerprint density at radius 3 is 2.73 bits per heavy atom. The molecule has 5 nitrogen and oxygen atoms in total. The predicted molar refractivity (Wildman–Crippen MR) is 51.8 cm³/mol. The summed E-state index contributed by atoms with van der Waals surface area (Å²) in [6, 6.07) is 3.59. The maximum atomic E-state index is 10.7. The van der Waals surface area contributed by atoms with Crippen LogP contribution < -0.4 is 5.73 Å². The molecule has 0 atom stereocenters. The Morgan fingerprint density at radius 1 is 1.47 bits per heavy atom. The maximum absolute atomic E-state index is 10.7. The molecule has 1 amide bonds. The zero-order valence-electron chi connectivity index (χ0n) is 8.18. The SMILES string of the molecule is NC(=O)Cc1ccc(C2OCCO2)nc1. The van der Waals surface area contributed by atoms with Crippen molar-refractivity contribution in [1.29, 1.82) is 0 Å². The number of rotatable bonds is 3. The second-order valence-electron chi connectivity index (χ2n) is 3.31. The molecule has 80 valence electrons. The maximum Gasteiger partial charge on any atom is 0.221 e. The Hall–Kier alpha value is -1.46. The first-order valence-electron chi connectivity index (χ1n) is 4.72. The summed E-state index contributed by atoms with van der Waals surface area (Å²) < 4.78 is 10.6. The van der Waals surface area contributed by atoms with E-state index in [4.69, 9.17) is 15.2 Å². The number of nitrogens with two attached hydrogens (primary N) is 1. The van der Waals surface area contributed by atoms with Gasteiger partial charge in [0, 0.05) is 6.20 Å². The fourth-order valence-electron chi connectivity index (χ4n) is 1.41. The van der Waals surface area contributed by atoms with Gasteiger partial charge in [-0.25, -0.2) is 0 Å². The van der Waals surface area contributed by atoms with Gasteiger partial charge >= 0.3 is 0 Å². The molecule has 0 radical (unpaired) electrons. The Morgan fingerprint density at radius 2 is 2.20 bits per heavy atom. The number of carbonyl (C=O) groups is 1. The van der Waals surface area contributed by atoms with E-state index in [9.17, 15) is 4.79 Å². The number of amides is 1. The molecule has 2 rings (SSSR count). The summed E-state index contributed by atoms with van der Waals surface area (Å²) in [6.07, 6.45) is 1.46. The predicted octanol–water partition coefficient (Wildman–Crippen LogP) is 0.155. The van der Waals surface area contributed by atoms with Gasteiger partial charge < -0.3 is 15.2 Å². The third-order valence-corrected chi connectivity index (χ3v) is 2.09. The standard InChI is InChI=1S/C10H12N2O3/c11-9(13)5-7-1-2-8(12-6-7)10-14-3-4-15-10/h1-2,6,10H,3-5H2,(H2,11,13). The first-order valence-corrected chi connectivity index (χ1v) is 4.72. The molecule has 0 spiro atoms. The molecule has 1 aromatic heterocycles. The second kappa shape index (κ2) is 4.37. The summed E-state index contributed by atoms with van der Waals surface area (Å²) in [6.45, 7) is 1.19. The molecule has 1 aliphatic rings. The number of primary amides is 1. The van der Waals surface area contributed by atoms with Crippen molar-refractivity contribution in [2.24, 2.45) is 5.73 Å². The van der Waals surface area contributed by atoms with E-state index >= 15 is 0 Å². The molecule has 5 heteroatoms. The number of carbonyl (C=O) groups excluding carboxylic acids is 1. The van der Waals surface area contributed by atoms with E-state index in [2.05, 4.69) is 4.98 Å². The Balaban J connectivity index is 2.06. The molecule has 1 fully saturated rings. The van der Waals surface area contributed by atoms with Gasteiger partial charge in [0.2, 0.25) is 12.2 Å². The van der Waals surface area contributed by atoms with E-state index in [1.165, 1.54) is 0 Å². The average molecular weight is 208 g/mol. The summed E-state index contributed by atoms with van der Waals surface area (Å²) in [5.41, 5.74) is 6.59. The lowest BCUT2D eigenvalue weighted by Gasteiger charge is -2.08. The highest BCUT2D eigenvalue weighted by molar-refractivity contribution is 5.76. The largest absolute Gasteiger partial charge is 0.369 e. The zero-order valence-corrected chi connectivity index (χ0v) is 8.18. The smallest absolute Gasteiger partial charge is 0.221 e. The van der Waals surface area contributed by atoms with Crippen LogP contribution in [0.2, 0.25) is 0 Å². The summed E-state index contributed by atoms with van der Waals surface area (Å²) in [7, 11) is 0. The van der Waals surface area contributed by atoms with Crippen molar-refractivity contribution < 1.29 is 14.3 Å². The number of aromatic nitrogens is 1. The van der Waals surface area contributed by atoms with E-state index in [0.717, 1.165) is 11.3 Å². The number of ether oxygens (including phenoxy) is 2. The summed E-state index contributed by atoms with van der Waals surface area (Å²) in [5, 5.41) is 0. The lowest BCUT2D eigenvalue weighted by atomic mass is 10.2. The van der Waals surface area contributed by atoms with Crippen LogP contribution >= 0.6 is 0 Å². The van der Waals surface area contributed by atoms with Crippen molar-refractivity contribution in [3.8, 4) is 0 Å². The normalized spacial score (nSPS) is 16.8. The molecular formula is C10H12N2O3. The topological polar surface area (TPSA) is 74.4 Å². The van der Waals surface area contributed by atoms with Crippen molar-refractivity contribution in [2.45, 2.75) is 12.7 Å². The highest BCUT2D eigenvalue weighted by Gasteiger charge is 2.19. The Bertz CT molecular complexity index is 344. The second-order valence-corrected chi connectivity index (χ2v) is 3.31. The lowest BCUT2D eigenvalue weighted by molar-refractivity contribution is -0.117. The van der Waals surface area contributed by atoms with E-state index < -0.39 is 0 Å². The van der Waals surface area contributed by atoms with Crippen LogP contribution in [0.5, 0.6) is 0 Å². The van der Waals surface area contributed by atoms with Gasteiger partial charge in [-0.05, 0) is 11.6 Å². The van der Waals surface area contributed by atoms with Crippen molar-refractivity contribution >= 4 is 5.91 Å². The quantitative estimate of drug-likeness (QED) is 0.767. The fourth-order valence-corrected chi connectivity index (χ4v) is 1.41. The van der Waals surface area contributed by atoms with Gasteiger partial charge in [-0.3, -0.25) is 9.78 Å². The molecule has 0 aliphatic carbocycles. The molecule has 0 unspecified atom stereocenters. The lowest BCUT2D eigenvalue weighted by Crippen LogP contribution is -2.14. The number of pyridine rings is 1. The first-order chi connectivity index (χ1) is 7.25. The molecule has 15 heavy (non-hydrogen) atoms. The molecule has 2 N–H and O–H groups in total. The summed E-state index contributed by atoms with van der Waals surface area (Å²) in [4.78, 5) is 14.8. The average Bonchev–Trinajstić information content (AvgIpc) is 2.71. The fraction of sp³-hybridized carbons (Fsp3) is 0.400. The number of nitrogens with zero attached hydrogens (tertiary/aromatic N) is 1. The van der Waals surface area contributed by atoms with E-state index in [1.54, 1.807) is 18.3 Å². The highest BCUT2D eigenvalue weighted by Crippen LogP contribution is 2.21. The van der Waals surface area contributed by atoms with Gasteiger partial charge in [0.05, 0.1) is 25.3 Å². The van der Waals surface area contributed by atoms with Gasteiger partial charge in [0.1, 0.15) is 0 Å². The van der Waals surface area contributed by atoms with Gasteiger partial charge in [-0.15, -0.1) is 0 Å². The molecule has 2 heterocycles. The van der Waals surface area contributed by atoms with Gasteiger partial charge in [0.15, 0.2) is 0 Å². The van der Waals surface area contributed by atoms with Crippen LogP contribution in [0, 0.1) is 0 Å². The monoisotopic (exact) mass is 208 g/mol. The Labute approximate surface area is 87.2 Å². The van der Waals surface area contributed by atoms with Crippen LogP contribution in [-0.4, -0.2) is 24.1 Å². The summed E-state index contributed by atoms with van der Waals surface area (Å²) >= 11 is 0. The third-order valence-electron chi connectivity index (χ3n) is 2.09. The molecule has 0 aromatic carbocycles. The highest BCUT2D eigenvalue weighted by atomic mass is 16.7. The van der Waals surface area contributed by atoms with Crippen LogP contribution in [0.25, 0.3) is 0 Å². The number of hydrogen-bond donors (Lipinski definition) is 1. The minimum absolute atomic E-state index is 0.208. The van der Waals surface area contributed by atoms with Gasteiger partial charge in [-0.1, -0.05) is 6.07 Å². The molecular weight excluding hydrogens is 196 g/mol. The van der Waals surface area contributed by atoms with Crippen LogP contribution in [0.4, 0.5) is 0 Å². The van der Waals surface area contributed by atoms with Crippen molar-refractivity contribution in [1.82, 2.24) is 4.98 Å². The van der Waals surface area contributed by atoms with Crippen LogP contribution in [0.3, 0.4) is 0 Å². The van der Waals surface area contributed by atoms with Crippen LogP contribution in [-0.2, 0) is 20.7 Å².